The van der Waals surface area contributed by atoms with Crippen LogP contribution in [0.5, 0.6) is 0 Å². The van der Waals surface area contributed by atoms with Crippen LogP contribution in [0.3, 0.4) is 0 Å². The zero-order valence-corrected chi connectivity index (χ0v) is 18.1. The van der Waals surface area contributed by atoms with Gasteiger partial charge in [-0.25, -0.2) is 9.97 Å². The van der Waals surface area contributed by atoms with Crippen LogP contribution in [0.25, 0.3) is 10.2 Å². The lowest BCUT2D eigenvalue weighted by atomic mass is 9.72. The summed E-state index contributed by atoms with van der Waals surface area (Å²) in [5, 5.41) is 1.62. The summed E-state index contributed by atoms with van der Waals surface area (Å²) >= 11 is 3.11. The third kappa shape index (κ3) is 3.80. The van der Waals surface area contributed by atoms with Crippen LogP contribution in [0.1, 0.15) is 48.0 Å². The molecule has 0 fully saturated rings. The number of hydrogen-bond donors (Lipinski definition) is 1. The number of aryl methyl sites for hydroxylation is 1. The zero-order valence-electron chi connectivity index (χ0n) is 16.5. The Morgan fingerprint density at radius 3 is 2.71 bits per heavy atom. The van der Waals surface area contributed by atoms with Gasteiger partial charge in [0.2, 0.25) is 0 Å². The number of ketones is 1. The van der Waals surface area contributed by atoms with E-state index >= 15 is 0 Å². The number of benzene rings is 1. The van der Waals surface area contributed by atoms with Crippen LogP contribution >= 0.6 is 23.1 Å². The largest absolute Gasteiger partial charge is 0.383 e. The first-order chi connectivity index (χ1) is 13.3. The summed E-state index contributed by atoms with van der Waals surface area (Å²) in [6.45, 7) is 6.97. The van der Waals surface area contributed by atoms with E-state index in [1.54, 1.807) is 11.3 Å². The highest BCUT2D eigenvalue weighted by atomic mass is 32.2. The van der Waals surface area contributed by atoms with E-state index < -0.39 is 0 Å². The second kappa shape index (κ2) is 7.48. The molecule has 28 heavy (non-hydrogen) atoms. The quantitative estimate of drug-likeness (QED) is 0.354. The van der Waals surface area contributed by atoms with Gasteiger partial charge >= 0.3 is 0 Å². The smallest absolute Gasteiger partial charge is 0.191 e. The van der Waals surface area contributed by atoms with E-state index in [1.165, 1.54) is 28.6 Å². The topological polar surface area (TPSA) is 68.9 Å². The third-order valence-electron chi connectivity index (χ3n) is 5.57. The van der Waals surface area contributed by atoms with Crippen molar-refractivity contribution in [3.05, 3.63) is 46.3 Å². The van der Waals surface area contributed by atoms with Gasteiger partial charge in [0.25, 0.3) is 0 Å². The zero-order chi connectivity index (χ0) is 19.9. The Hall–Kier alpha value is -1.92. The van der Waals surface area contributed by atoms with Gasteiger partial charge in [0, 0.05) is 10.4 Å². The molecule has 4 nitrogen and oxygen atoms in total. The Morgan fingerprint density at radius 1 is 1.25 bits per heavy atom. The van der Waals surface area contributed by atoms with E-state index in [0.29, 0.717) is 33.6 Å². The Labute approximate surface area is 174 Å². The highest BCUT2D eigenvalue weighted by Crippen LogP contribution is 2.44. The van der Waals surface area contributed by atoms with Gasteiger partial charge in [-0.3, -0.25) is 4.79 Å². The molecule has 1 atom stereocenters. The number of nitrogens with two attached hydrogens (primary N) is 1. The van der Waals surface area contributed by atoms with E-state index in [9.17, 15) is 4.79 Å². The minimum atomic E-state index is 0.0753. The molecule has 2 aromatic heterocycles. The highest BCUT2D eigenvalue weighted by molar-refractivity contribution is 7.99. The van der Waals surface area contributed by atoms with Gasteiger partial charge in [0.05, 0.1) is 11.1 Å². The normalized spacial score (nSPS) is 16.9. The van der Waals surface area contributed by atoms with Gasteiger partial charge in [-0.15, -0.1) is 11.3 Å². The molecule has 1 aliphatic rings. The fourth-order valence-corrected chi connectivity index (χ4v) is 5.94. The summed E-state index contributed by atoms with van der Waals surface area (Å²) in [4.78, 5) is 23.9. The maximum Gasteiger partial charge on any atom is 0.191 e. The van der Waals surface area contributed by atoms with Gasteiger partial charge in [0.1, 0.15) is 10.6 Å². The van der Waals surface area contributed by atoms with Crippen molar-refractivity contribution in [2.24, 2.45) is 11.3 Å². The standard InChI is InChI=1S/C22H25N3OS2/c1-22(2,3)14-9-10-15-17(11-14)28-20-18(15)19(23)24-21(25-20)27-12-16(26)13-7-5-4-6-8-13/h4-8,14H,9-12H2,1-3H3,(H2,23,24,25). The van der Waals surface area contributed by atoms with Crippen molar-refractivity contribution in [3.63, 3.8) is 0 Å². The first-order valence-corrected chi connectivity index (χ1v) is 11.4. The monoisotopic (exact) mass is 411 g/mol. The molecule has 2 heterocycles. The molecule has 3 aromatic rings. The van der Waals surface area contributed by atoms with E-state index in [-0.39, 0.29) is 5.78 Å². The molecule has 1 unspecified atom stereocenters. The first-order valence-electron chi connectivity index (χ1n) is 9.61. The number of nitrogen functional groups attached to an aromatic ring is 1. The molecule has 2 N–H and O–H groups in total. The van der Waals surface area contributed by atoms with E-state index in [2.05, 4.69) is 25.8 Å². The van der Waals surface area contributed by atoms with Crippen LogP contribution in [0.4, 0.5) is 5.82 Å². The Kier molecular flexibility index (Phi) is 5.19. The molecule has 0 aliphatic heterocycles. The number of nitrogens with zero attached hydrogens (tertiary/aromatic N) is 2. The van der Waals surface area contributed by atoms with Gasteiger partial charge < -0.3 is 5.73 Å². The Morgan fingerprint density at radius 2 is 2.00 bits per heavy atom. The predicted octanol–water partition coefficient (Wildman–Crippen LogP) is 5.40. The number of anilines is 1. The van der Waals surface area contributed by atoms with Crippen molar-refractivity contribution >= 4 is 44.9 Å². The molecule has 0 saturated heterocycles. The molecule has 6 heteroatoms. The summed E-state index contributed by atoms with van der Waals surface area (Å²) in [6, 6.07) is 9.32. The lowest BCUT2D eigenvalue weighted by Crippen LogP contribution is -2.26. The van der Waals surface area contributed by atoms with Crippen molar-refractivity contribution in [1.82, 2.24) is 9.97 Å². The molecule has 0 radical (unpaired) electrons. The van der Waals surface area contributed by atoms with Gasteiger partial charge in [-0.2, -0.15) is 0 Å². The summed E-state index contributed by atoms with van der Waals surface area (Å²) in [6.07, 6.45) is 3.32. The molecule has 0 spiro atoms. The summed E-state index contributed by atoms with van der Waals surface area (Å²) < 4.78 is 0. The fraction of sp³-hybridized carbons (Fsp3) is 0.409. The van der Waals surface area contributed by atoms with Crippen LogP contribution in [-0.4, -0.2) is 21.5 Å². The number of rotatable bonds is 4. The first kappa shape index (κ1) is 19.4. The second-order valence-corrected chi connectivity index (χ2v) is 10.5. The molecule has 1 aromatic carbocycles. The number of carbonyl (C=O) groups is 1. The molecule has 146 valence electrons. The SMILES string of the molecule is CC(C)(C)C1CCc2c(sc3nc(SCC(=O)c4ccccc4)nc(N)c23)C1. The van der Waals surface area contributed by atoms with Crippen molar-refractivity contribution in [3.8, 4) is 0 Å². The van der Waals surface area contributed by atoms with Gasteiger partial charge in [-0.05, 0) is 36.2 Å². The number of aromatic nitrogens is 2. The number of fused-ring (bicyclic) bond motifs is 3. The van der Waals surface area contributed by atoms with Crippen molar-refractivity contribution < 1.29 is 4.79 Å². The van der Waals surface area contributed by atoms with Crippen molar-refractivity contribution in [2.75, 3.05) is 11.5 Å². The average Bonchev–Trinajstić information content (AvgIpc) is 3.04. The van der Waals surface area contributed by atoms with E-state index in [0.717, 1.165) is 23.1 Å². The number of hydrogen-bond acceptors (Lipinski definition) is 6. The summed E-state index contributed by atoms with van der Waals surface area (Å²) in [5.74, 6) is 1.61. The lowest BCUT2D eigenvalue weighted by molar-refractivity contribution is 0.102. The maximum atomic E-state index is 12.4. The van der Waals surface area contributed by atoms with Crippen LogP contribution in [0, 0.1) is 11.3 Å². The number of thiophene rings is 1. The number of thioether (sulfide) groups is 1. The molecule has 0 bridgehead atoms. The van der Waals surface area contributed by atoms with Gasteiger partial charge in [0.15, 0.2) is 10.9 Å². The van der Waals surface area contributed by atoms with Gasteiger partial charge in [-0.1, -0.05) is 62.9 Å². The second-order valence-electron chi connectivity index (χ2n) is 8.46. The van der Waals surface area contributed by atoms with Crippen LogP contribution in [-0.2, 0) is 12.8 Å². The number of carbonyl (C=O) groups excluding carboxylic acids is 1. The fourth-order valence-electron chi connectivity index (χ4n) is 3.83. The van der Waals surface area contributed by atoms with Crippen LogP contribution in [0.15, 0.2) is 35.5 Å². The predicted molar refractivity (Wildman–Crippen MR) is 118 cm³/mol. The molecule has 0 amide bonds. The Balaban J connectivity index is 1.57. The molecule has 4 rings (SSSR count). The summed E-state index contributed by atoms with van der Waals surface area (Å²) in [5.41, 5.74) is 8.68. The average molecular weight is 412 g/mol. The maximum absolute atomic E-state index is 12.4. The Bertz CT molecular complexity index is 1020. The molecular formula is C22H25N3OS2. The van der Waals surface area contributed by atoms with Crippen molar-refractivity contribution in [2.45, 2.75) is 45.2 Å². The molecular weight excluding hydrogens is 386 g/mol. The lowest BCUT2D eigenvalue weighted by Gasteiger charge is -2.33. The van der Waals surface area contributed by atoms with E-state index in [1.807, 2.05) is 30.3 Å². The minimum absolute atomic E-state index is 0.0753. The van der Waals surface area contributed by atoms with Crippen LogP contribution in [0.2, 0.25) is 0 Å². The number of Topliss-reactive ketones (excluding diaryl/α,β-unsaturated/α-hetero) is 1. The molecule has 1 aliphatic carbocycles. The van der Waals surface area contributed by atoms with Crippen molar-refractivity contribution in [1.29, 1.82) is 0 Å². The highest BCUT2D eigenvalue weighted by Gasteiger charge is 2.31. The summed E-state index contributed by atoms with van der Waals surface area (Å²) in [7, 11) is 0. The minimum Gasteiger partial charge on any atom is -0.383 e. The third-order valence-corrected chi connectivity index (χ3v) is 7.56. The van der Waals surface area contributed by atoms with E-state index in [4.69, 9.17) is 10.7 Å². The molecule has 0 saturated carbocycles. The van der Waals surface area contributed by atoms with Crippen LogP contribution < -0.4 is 5.73 Å².